The van der Waals surface area contributed by atoms with Crippen molar-refractivity contribution in [3.8, 4) is 0 Å². The van der Waals surface area contributed by atoms with Crippen LogP contribution in [-0.4, -0.2) is 22.2 Å². The number of benzene rings is 1. The molecule has 0 aromatic heterocycles. The van der Waals surface area contributed by atoms with Gasteiger partial charge >= 0.3 is 0 Å². The molecule has 1 aromatic rings. The smallest absolute Gasteiger partial charge is 0.271 e. The van der Waals surface area contributed by atoms with Crippen molar-refractivity contribution in [3.05, 3.63) is 38.9 Å². The summed E-state index contributed by atoms with van der Waals surface area (Å²) >= 11 is 9.20. The molecule has 0 aliphatic heterocycles. The predicted octanol–water partition coefficient (Wildman–Crippen LogP) is 3.54. The molecule has 0 saturated heterocycles. The molecule has 1 N–H and O–H groups in total. The number of nitrogens with one attached hydrogen (secondary N) is 1. The van der Waals surface area contributed by atoms with E-state index < -0.39 is 4.92 Å². The Morgan fingerprint density at radius 3 is 2.79 bits per heavy atom. The third-order valence-corrected chi connectivity index (χ3v) is 3.44. The Balaban J connectivity index is 2.74. The highest BCUT2D eigenvalue weighted by Crippen LogP contribution is 2.20. The van der Waals surface area contributed by atoms with Crippen molar-refractivity contribution >= 4 is 39.1 Å². The number of carbonyl (C=O) groups is 1. The molecule has 0 aliphatic rings. The highest BCUT2D eigenvalue weighted by Gasteiger charge is 2.14. The number of nitro groups is 1. The van der Waals surface area contributed by atoms with E-state index in [1.54, 1.807) is 0 Å². The second-order valence-electron chi connectivity index (χ2n) is 4.05. The van der Waals surface area contributed by atoms with Gasteiger partial charge in [-0.25, -0.2) is 0 Å². The number of amides is 1. The maximum absolute atomic E-state index is 11.9. The van der Waals surface area contributed by atoms with Crippen molar-refractivity contribution < 1.29 is 9.72 Å². The molecule has 1 atom stereocenters. The van der Waals surface area contributed by atoms with Crippen LogP contribution >= 0.6 is 27.5 Å². The van der Waals surface area contributed by atoms with Gasteiger partial charge in [0.25, 0.3) is 11.6 Å². The fraction of sp³-hybridized carbons (Fsp3) is 0.417. The first-order valence-electron chi connectivity index (χ1n) is 5.81. The SMILES string of the molecule is CCCC(Br)CNC(=O)c1cc(Cl)cc([N+](=O)[O-])c1. The Hall–Kier alpha value is -1.14. The summed E-state index contributed by atoms with van der Waals surface area (Å²) in [6.45, 7) is 2.52. The zero-order chi connectivity index (χ0) is 14.4. The fourth-order valence-corrected chi connectivity index (χ4v) is 2.38. The minimum absolute atomic E-state index is 0.170. The molecular formula is C12H14BrClN2O3. The quantitative estimate of drug-likeness (QED) is 0.485. The van der Waals surface area contributed by atoms with Crippen molar-refractivity contribution in [2.24, 2.45) is 0 Å². The highest BCUT2D eigenvalue weighted by molar-refractivity contribution is 9.09. The molecule has 0 bridgehead atoms. The lowest BCUT2D eigenvalue weighted by Gasteiger charge is -2.10. The van der Waals surface area contributed by atoms with Crippen LogP contribution in [0.3, 0.4) is 0 Å². The van der Waals surface area contributed by atoms with Crippen LogP contribution in [0.25, 0.3) is 0 Å². The lowest BCUT2D eigenvalue weighted by atomic mass is 10.2. The van der Waals surface area contributed by atoms with E-state index >= 15 is 0 Å². The number of hydrogen-bond acceptors (Lipinski definition) is 3. The average Bonchev–Trinajstić information content (AvgIpc) is 2.35. The molecule has 0 fully saturated rings. The van der Waals surface area contributed by atoms with Gasteiger partial charge in [0.15, 0.2) is 0 Å². The molecular weight excluding hydrogens is 336 g/mol. The van der Waals surface area contributed by atoms with E-state index in [2.05, 4.69) is 28.2 Å². The van der Waals surface area contributed by atoms with Gasteiger partial charge < -0.3 is 5.32 Å². The normalized spacial score (nSPS) is 11.9. The molecule has 1 aromatic carbocycles. The van der Waals surface area contributed by atoms with E-state index in [9.17, 15) is 14.9 Å². The maximum atomic E-state index is 11.9. The molecule has 0 saturated carbocycles. The van der Waals surface area contributed by atoms with Crippen LogP contribution in [0.2, 0.25) is 5.02 Å². The van der Waals surface area contributed by atoms with Crippen molar-refractivity contribution in [3.63, 3.8) is 0 Å². The van der Waals surface area contributed by atoms with Gasteiger partial charge in [0.2, 0.25) is 0 Å². The number of nitrogens with zero attached hydrogens (tertiary/aromatic N) is 1. The number of hydrogen-bond donors (Lipinski definition) is 1. The minimum Gasteiger partial charge on any atom is -0.351 e. The van der Waals surface area contributed by atoms with Gasteiger partial charge in [0.1, 0.15) is 0 Å². The van der Waals surface area contributed by atoms with Crippen LogP contribution < -0.4 is 5.32 Å². The summed E-state index contributed by atoms with van der Waals surface area (Å²) in [7, 11) is 0. The van der Waals surface area contributed by atoms with Crippen molar-refractivity contribution in [1.82, 2.24) is 5.32 Å². The molecule has 1 amide bonds. The number of rotatable bonds is 6. The third-order valence-electron chi connectivity index (χ3n) is 2.44. The van der Waals surface area contributed by atoms with Gasteiger partial charge in [-0.05, 0) is 12.5 Å². The molecule has 7 heteroatoms. The van der Waals surface area contributed by atoms with Crippen LogP contribution in [0.15, 0.2) is 18.2 Å². The maximum Gasteiger partial charge on any atom is 0.271 e. The largest absolute Gasteiger partial charge is 0.351 e. The first-order chi connectivity index (χ1) is 8.93. The van der Waals surface area contributed by atoms with Gasteiger partial charge in [-0.2, -0.15) is 0 Å². The van der Waals surface area contributed by atoms with Crippen molar-refractivity contribution in [1.29, 1.82) is 0 Å². The summed E-state index contributed by atoms with van der Waals surface area (Å²) in [6.07, 6.45) is 1.95. The van der Waals surface area contributed by atoms with Crippen LogP contribution in [-0.2, 0) is 0 Å². The standard InChI is InChI=1S/C12H14BrClN2O3/c1-2-3-9(13)7-15-12(17)8-4-10(14)6-11(5-8)16(18)19/h4-6,9H,2-3,7H2,1H3,(H,15,17). The third kappa shape index (κ3) is 5.16. The number of halogens is 2. The summed E-state index contributed by atoms with van der Waals surface area (Å²) in [5, 5.41) is 13.6. The van der Waals surface area contributed by atoms with Crippen molar-refractivity contribution in [2.75, 3.05) is 6.54 Å². The zero-order valence-corrected chi connectivity index (χ0v) is 12.7. The van der Waals surface area contributed by atoms with E-state index in [4.69, 9.17) is 11.6 Å². The van der Waals surface area contributed by atoms with Crippen LogP contribution in [0.5, 0.6) is 0 Å². The number of alkyl halides is 1. The summed E-state index contributed by atoms with van der Waals surface area (Å²) in [5.74, 6) is -0.369. The fourth-order valence-electron chi connectivity index (χ4n) is 1.53. The van der Waals surface area contributed by atoms with E-state index in [1.165, 1.54) is 18.2 Å². The topological polar surface area (TPSA) is 72.2 Å². The number of nitro benzene ring substituents is 1. The lowest BCUT2D eigenvalue weighted by Crippen LogP contribution is -2.29. The second kappa shape index (κ2) is 7.45. The number of non-ortho nitro benzene ring substituents is 1. The Labute approximate surface area is 124 Å². The molecule has 19 heavy (non-hydrogen) atoms. The van der Waals surface area contributed by atoms with E-state index in [0.29, 0.717) is 6.54 Å². The summed E-state index contributed by atoms with van der Waals surface area (Å²) in [5.41, 5.74) is -0.00278. The van der Waals surface area contributed by atoms with Gasteiger partial charge in [0, 0.05) is 34.1 Å². The molecule has 0 radical (unpaired) electrons. The van der Waals surface area contributed by atoms with E-state index in [1.807, 2.05) is 0 Å². The molecule has 5 nitrogen and oxygen atoms in total. The Morgan fingerprint density at radius 2 is 2.21 bits per heavy atom. The lowest BCUT2D eigenvalue weighted by molar-refractivity contribution is -0.384. The monoisotopic (exact) mass is 348 g/mol. The Bertz CT molecular complexity index is 482. The first kappa shape index (κ1) is 15.9. The van der Waals surface area contributed by atoms with E-state index in [-0.39, 0.29) is 27.0 Å². The Morgan fingerprint density at radius 1 is 1.53 bits per heavy atom. The summed E-state index contributed by atoms with van der Waals surface area (Å²) < 4.78 is 0. The number of carbonyl (C=O) groups excluding carboxylic acids is 1. The van der Waals surface area contributed by atoms with E-state index in [0.717, 1.165) is 12.8 Å². The second-order valence-corrected chi connectivity index (χ2v) is 5.78. The first-order valence-corrected chi connectivity index (χ1v) is 7.10. The molecule has 0 heterocycles. The summed E-state index contributed by atoms with van der Waals surface area (Å²) in [4.78, 5) is 22.2. The molecule has 1 unspecified atom stereocenters. The van der Waals surface area contributed by atoms with Gasteiger partial charge in [-0.3, -0.25) is 14.9 Å². The average molecular weight is 350 g/mol. The zero-order valence-electron chi connectivity index (χ0n) is 10.4. The van der Waals surface area contributed by atoms with Crippen LogP contribution in [0.1, 0.15) is 30.1 Å². The van der Waals surface area contributed by atoms with Gasteiger partial charge in [0.05, 0.1) is 4.92 Å². The van der Waals surface area contributed by atoms with Crippen LogP contribution in [0, 0.1) is 10.1 Å². The molecule has 1 rings (SSSR count). The summed E-state index contributed by atoms with van der Waals surface area (Å²) in [6, 6.07) is 3.83. The van der Waals surface area contributed by atoms with Gasteiger partial charge in [-0.1, -0.05) is 40.9 Å². The molecule has 0 spiro atoms. The molecule has 104 valence electrons. The Kier molecular flexibility index (Phi) is 6.24. The van der Waals surface area contributed by atoms with Crippen molar-refractivity contribution in [2.45, 2.75) is 24.6 Å². The molecule has 0 aliphatic carbocycles. The van der Waals surface area contributed by atoms with Crippen LogP contribution in [0.4, 0.5) is 5.69 Å². The predicted molar refractivity (Wildman–Crippen MR) is 78.1 cm³/mol. The highest BCUT2D eigenvalue weighted by atomic mass is 79.9. The minimum atomic E-state index is -0.576. The van der Waals surface area contributed by atoms with Gasteiger partial charge in [-0.15, -0.1) is 0 Å².